The van der Waals surface area contributed by atoms with E-state index >= 15 is 0 Å². The summed E-state index contributed by atoms with van der Waals surface area (Å²) in [4.78, 5) is 2.96. The van der Waals surface area contributed by atoms with Gasteiger partial charge >= 0.3 is 0 Å². The number of hydrogen-bond donors (Lipinski definition) is 1. The largest absolute Gasteiger partial charge is 0.283 e. The van der Waals surface area contributed by atoms with Crippen molar-refractivity contribution in [1.29, 1.82) is 0 Å². The quantitative estimate of drug-likeness (QED) is 0.818. The van der Waals surface area contributed by atoms with Gasteiger partial charge in [-0.3, -0.25) is 0 Å². The van der Waals surface area contributed by atoms with Gasteiger partial charge in [0.05, 0.1) is 3.57 Å². The minimum absolute atomic E-state index is 0.276. The van der Waals surface area contributed by atoms with Crippen LogP contribution in [0.25, 0.3) is 0 Å². The van der Waals surface area contributed by atoms with Crippen LogP contribution in [0.4, 0.5) is 13.2 Å². The summed E-state index contributed by atoms with van der Waals surface area (Å²) in [7, 11) is -4.21. The Kier molecular flexibility index (Phi) is 3.55. The molecule has 1 aromatic heterocycles. The molecule has 15 heavy (non-hydrogen) atoms. The van der Waals surface area contributed by atoms with E-state index in [-0.39, 0.29) is 3.57 Å². The number of nitrogens with zero attached hydrogens (tertiary/aromatic N) is 1. The average molecular weight is 352 g/mol. The number of hydrogen-bond acceptors (Lipinski definition) is 3. The van der Waals surface area contributed by atoms with Crippen LogP contribution in [-0.4, -0.2) is 13.4 Å². The lowest BCUT2D eigenvalue weighted by Crippen LogP contribution is -2.16. The van der Waals surface area contributed by atoms with E-state index in [9.17, 15) is 21.6 Å². The summed E-state index contributed by atoms with van der Waals surface area (Å²) < 4.78 is 58.9. The van der Waals surface area contributed by atoms with E-state index in [2.05, 4.69) is 10.1 Å². The molecule has 1 heterocycles. The highest BCUT2D eigenvalue weighted by atomic mass is 127. The van der Waals surface area contributed by atoms with Gasteiger partial charge in [-0.1, -0.05) is 0 Å². The zero-order chi connectivity index (χ0) is 11.8. The van der Waals surface area contributed by atoms with Gasteiger partial charge in [0.15, 0.2) is 10.8 Å². The standard InChI is InChI=1S/C6H4F3IN2O2S/c7-4-2(10)1-3(15(11,13)14)12-5(4)6(8)9/h1,6H,(H2,11,13,14). The first-order valence-electron chi connectivity index (χ1n) is 3.40. The highest BCUT2D eigenvalue weighted by Crippen LogP contribution is 2.25. The molecule has 0 spiro atoms. The highest BCUT2D eigenvalue weighted by molar-refractivity contribution is 14.1. The number of aromatic nitrogens is 1. The normalized spacial score (nSPS) is 12.1. The Labute approximate surface area is 96.9 Å². The number of pyridine rings is 1. The first kappa shape index (κ1) is 12.6. The fourth-order valence-corrected chi connectivity index (χ4v) is 2.07. The first-order valence-corrected chi connectivity index (χ1v) is 6.03. The van der Waals surface area contributed by atoms with E-state index in [1.807, 2.05) is 0 Å². The van der Waals surface area contributed by atoms with Crippen molar-refractivity contribution in [2.75, 3.05) is 0 Å². The smallest absolute Gasteiger partial charge is 0.231 e. The lowest BCUT2D eigenvalue weighted by Gasteiger charge is -2.05. The molecule has 0 unspecified atom stereocenters. The third-order valence-corrected chi connectivity index (χ3v) is 2.99. The molecule has 0 radical (unpaired) electrons. The molecule has 0 amide bonds. The Balaban J connectivity index is 3.50. The third kappa shape index (κ3) is 2.78. The Morgan fingerprint density at radius 1 is 1.47 bits per heavy atom. The second kappa shape index (κ2) is 4.22. The predicted octanol–water partition coefficient (Wildman–Crippen LogP) is 1.41. The van der Waals surface area contributed by atoms with Gasteiger partial charge in [0.1, 0.15) is 5.69 Å². The fraction of sp³-hybridized carbons (Fsp3) is 0.167. The second-order valence-electron chi connectivity index (χ2n) is 2.49. The van der Waals surface area contributed by atoms with E-state index in [0.29, 0.717) is 0 Å². The van der Waals surface area contributed by atoms with E-state index in [1.165, 1.54) is 22.6 Å². The van der Waals surface area contributed by atoms with Crippen molar-refractivity contribution >= 4 is 32.6 Å². The average Bonchev–Trinajstić information content (AvgIpc) is 2.06. The lowest BCUT2D eigenvalue weighted by molar-refractivity contribution is 0.139. The summed E-state index contributed by atoms with van der Waals surface area (Å²) in [5.41, 5.74) is -1.22. The van der Waals surface area contributed by atoms with Crippen LogP contribution in [0.1, 0.15) is 12.1 Å². The van der Waals surface area contributed by atoms with Crippen molar-refractivity contribution in [2.24, 2.45) is 5.14 Å². The molecule has 84 valence electrons. The Hall–Kier alpha value is -0.420. The van der Waals surface area contributed by atoms with Crippen LogP contribution in [0.3, 0.4) is 0 Å². The fourth-order valence-electron chi connectivity index (χ4n) is 0.785. The molecule has 0 aliphatic carbocycles. The van der Waals surface area contributed by atoms with Gasteiger partial charge in [0.2, 0.25) is 0 Å². The van der Waals surface area contributed by atoms with Gasteiger partial charge in [0.25, 0.3) is 16.4 Å². The molecule has 0 saturated heterocycles. The van der Waals surface area contributed by atoms with Crippen LogP contribution < -0.4 is 5.14 Å². The van der Waals surface area contributed by atoms with Crippen LogP contribution in [0.15, 0.2) is 11.1 Å². The number of alkyl halides is 2. The number of rotatable bonds is 2. The molecule has 0 saturated carbocycles. The molecule has 9 heteroatoms. The Morgan fingerprint density at radius 3 is 2.40 bits per heavy atom. The zero-order valence-corrected chi connectivity index (χ0v) is 9.89. The molecule has 0 aliphatic rings. The lowest BCUT2D eigenvalue weighted by atomic mass is 10.3. The maximum Gasteiger partial charge on any atom is 0.283 e. The van der Waals surface area contributed by atoms with Crippen molar-refractivity contribution in [1.82, 2.24) is 4.98 Å². The molecule has 0 aliphatic heterocycles. The summed E-state index contributed by atoms with van der Waals surface area (Å²) >= 11 is 1.38. The summed E-state index contributed by atoms with van der Waals surface area (Å²) in [6.45, 7) is 0. The summed E-state index contributed by atoms with van der Waals surface area (Å²) in [6.07, 6.45) is -3.19. The van der Waals surface area contributed by atoms with Gasteiger partial charge in [0, 0.05) is 0 Å². The molecule has 0 atom stereocenters. The zero-order valence-electron chi connectivity index (χ0n) is 6.92. The topological polar surface area (TPSA) is 73.1 Å². The van der Waals surface area contributed by atoms with Crippen molar-refractivity contribution < 1.29 is 21.6 Å². The molecule has 1 aromatic rings. The molecule has 1 rings (SSSR count). The molecule has 4 nitrogen and oxygen atoms in total. The maximum atomic E-state index is 13.0. The third-order valence-electron chi connectivity index (χ3n) is 1.41. The van der Waals surface area contributed by atoms with Gasteiger partial charge < -0.3 is 0 Å². The number of primary sulfonamides is 1. The Morgan fingerprint density at radius 2 is 2.00 bits per heavy atom. The second-order valence-corrected chi connectivity index (χ2v) is 5.16. The molecular weight excluding hydrogens is 348 g/mol. The van der Waals surface area contributed by atoms with Crippen molar-refractivity contribution in [3.05, 3.63) is 21.1 Å². The number of nitrogens with two attached hydrogens (primary N) is 1. The van der Waals surface area contributed by atoms with Crippen LogP contribution in [0.5, 0.6) is 0 Å². The summed E-state index contributed by atoms with van der Waals surface area (Å²) in [6, 6.07) is 0.789. The van der Waals surface area contributed by atoms with Crippen molar-refractivity contribution in [2.45, 2.75) is 11.5 Å². The molecule has 2 N–H and O–H groups in total. The Bertz CT molecular complexity index is 491. The summed E-state index contributed by atoms with van der Waals surface area (Å²) in [5.74, 6) is -1.24. The number of sulfonamides is 1. The molecule has 0 bridgehead atoms. The van der Waals surface area contributed by atoms with Crippen LogP contribution in [0, 0.1) is 9.39 Å². The minimum Gasteiger partial charge on any atom is -0.231 e. The van der Waals surface area contributed by atoms with Crippen LogP contribution in [0.2, 0.25) is 0 Å². The maximum absolute atomic E-state index is 13.0. The van der Waals surface area contributed by atoms with Crippen LogP contribution in [-0.2, 0) is 10.0 Å². The van der Waals surface area contributed by atoms with E-state index in [4.69, 9.17) is 0 Å². The van der Waals surface area contributed by atoms with Gasteiger partial charge in [-0.2, -0.15) is 0 Å². The van der Waals surface area contributed by atoms with Crippen molar-refractivity contribution in [3.8, 4) is 0 Å². The van der Waals surface area contributed by atoms with Crippen molar-refractivity contribution in [3.63, 3.8) is 0 Å². The van der Waals surface area contributed by atoms with E-state index in [0.717, 1.165) is 6.07 Å². The molecular formula is C6H4F3IN2O2S. The van der Waals surface area contributed by atoms with E-state index < -0.39 is 33.0 Å². The SMILES string of the molecule is NS(=O)(=O)c1cc(I)c(F)c(C(F)F)n1. The monoisotopic (exact) mass is 352 g/mol. The van der Waals surface area contributed by atoms with Crippen LogP contribution >= 0.6 is 22.6 Å². The summed E-state index contributed by atoms with van der Waals surface area (Å²) in [5, 5.41) is 3.91. The highest BCUT2D eigenvalue weighted by Gasteiger charge is 2.22. The molecule has 0 fully saturated rings. The number of halogens is 4. The van der Waals surface area contributed by atoms with Gasteiger partial charge in [-0.05, 0) is 28.7 Å². The predicted molar refractivity (Wildman–Crippen MR) is 53.2 cm³/mol. The van der Waals surface area contributed by atoms with E-state index in [1.54, 1.807) is 0 Å². The molecule has 0 aromatic carbocycles. The first-order chi connectivity index (χ1) is 6.73. The van der Waals surface area contributed by atoms with Gasteiger partial charge in [-0.25, -0.2) is 31.7 Å². The van der Waals surface area contributed by atoms with Gasteiger partial charge in [-0.15, -0.1) is 0 Å². The minimum atomic E-state index is -4.21.